The van der Waals surface area contributed by atoms with Crippen molar-refractivity contribution in [3.8, 4) is 5.75 Å². The predicted octanol–water partition coefficient (Wildman–Crippen LogP) is 5.81. The predicted molar refractivity (Wildman–Crippen MR) is 147 cm³/mol. The van der Waals surface area contributed by atoms with E-state index in [4.69, 9.17) is 9.47 Å². The number of hydrogen-bond acceptors (Lipinski definition) is 8. The third-order valence-corrected chi connectivity index (χ3v) is 8.27. The smallest absolute Gasteiger partial charge is 0.341 e. The number of nitrogens with one attached hydrogen (secondary N) is 1. The van der Waals surface area contributed by atoms with E-state index in [1.165, 1.54) is 28.0 Å². The van der Waals surface area contributed by atoms with E-state index in [0.29, 0.717) is 21.5 Å². The van der Waals surface area contributed by atoms with Gasteiger partial charge in [-0.2, -0.15) is 0 Å². The molecule has 1 unspecified atom stereocenters. The average molecular weight is 543 g/mol. The molecule has 1 atom stereocenters. The lowest BCUT2D eigenvalue weighted by molar-refractivity contribution is -0.113. The van der Waals surface area contributed by atoms with Crippen LogP contribution < -0.4 is 10.1 Å². The molecule has 1 amide bonds. The average Bonchev–Trinajstić information content (AvgIpc) is 3.36. The second kappa shape index (κ2) is 11.7. The van der Waals surface area contributed by atoms with Crippen LogP contribution in [0.15, 0.2) is 23.4 Å². The third-order valence-electron chi connectivity index (χ3n) is 6.04. The summed E-state index contributed by atoms with van der Waals surface area (Å²) >= 11 is 2.78. The number of esters is 1. The first-order valence-electron chi connectivity index (χ1n) is 12.5. The Bertz CT molecular complexity index is 1280. The third kappa shape index (κ3) is 6.54. The molecule has 0 bridgehead atoms. The first-order valence-corrected chi connectivity index (χ1v) is 14.3. The number of rotatable bonds is 9. The van der Waals surface area contributed by atoms with Gasteiger partial charge >= 0.3 is 5.97 Å². The molecule has 1 aliphatic rings. The highest BCUT2D eigenvalue weighted by molar-refractivity contribution is 7.99. The minimum atomic E-state index is -0.368. The van der Waals surface area contributed by atoms with Crippen molar-refractivity contribution < 1.29 is 19.1 Å². The minimum Gasteiger partial charge on any atom is -0.483 e. The molecule has 0 radical (unpaired) electrons. The Morgan fingerprint density at radius 2 is 1.81 bits per heavy atom. The molecule has 3 aromatic rings. The van der Waals surface area contributed by atoms with Gasteiger partial charge in [0, 0.05) is 11.9 Å². The molecule has 198 valence electrons. The van der Waals surface area contributed by atoms with Crippen molar-refractivity contribution in [2.75, 3.05) is 11.1 Å². The summed E-state index contributed by atoms with van der Waals surface area (Å²) in [4.78, 5) is 26.9. The van der Waals surface area contributed by atoms with Crippen LogP contribution in [0.2, 0.25) is 0 Å². The molecule has 2 aromatic heterocycles. The maximum absolute atomic E-state index is 12.9. The van der Waals surface area contributed by atoms with Gasteiger partial charge in [0.25, 0.3) is 0 Å². The second-order valence-corrected chi connectivity index (χ2v) is 11.7. The van der Waals surface area contributed by atoms with Crippen LogP contribution in [-0.2, 0) is 29.4 Å². The van der Waals surface area contributed by atoms with Gasteiger partial charge in [-0.3, -0.25) is 4.79 Å². The van der Waals surface area contributed by atoms with Crippen LogP contribution in [0.3, 0.4) is 0 Å². The number of hydrogen-bond donors (Lipinski definition) is 1. The van der Waals surface area contributed by atoms with Crippen molar-refractivity contribution in [1.29, 1.82) is 0 Å². The number of nitrogens with zero attached hydrogens (tertiary/aromatic N) is 3. The molecule has 1 aromatic carbocycles. The zero-order valence-electron chi connectivity index (χ0n) is 22.2. The fourth-order valence-corrected chi connectivity index (χ4v) is 6.51. The van der Waals surface area contributed by atoms with Gasteiger partial charge in [-0.15, -0.1) is 21.5 Å². The number of aromatic nitrogens is 3. The minimum absolute atomic E-state index is 0.138. The monoisotopic (exact) mass is 542 g/mol. The number of anilines is 1. The van der Waals surface area contributed by atoms with Crippen LogP contribution in [0.25, 0.3) is 0 Å². The SMILES string of the molecule is Cc1cc(C)cc(OC(C)c2nnc(SCC(=O)Nc3sc4c(c3C(=O)OC(C)C)CCCC4)n2C)c1. The van der Waals surface area contributed by atoms with Crippen LogP contribution in [0, 0.1) is 13.8 Å². The highest BCUT2D eigenvalue weighted by Gasteiger charge is 2.28. The number of amides is 1. The van der Waals surface area contributed by atoms with E-state index in [1.807, 2.05) is 58.4 Å². The number of carbonyl (C=O) groups is 2. The van der Waals surface area contributed by atoms with Crippen LogP contribution in [-0.4, -0.2) is 38.5 Å². The van der Waals surface area contributed by atoms with Gasteiger partial charge in [-0.1, -0.05) is 17.8 Å². The van der Waals surface area contributed by atoms with Crippen molar-refractivity contribution in [2.45, 2.75) is 77.7 Å². The second-order valence-electron chi connectivity index (χ2n) is 9.69. The molecule has 0 aliphatic heterocycles. The highest BCUT2D eigenvalue weighted by atomic mass is 32.2. The Morgan fingerprint density at radius 3 is 2.51 bits per heavy atom. The van der Waals surface area contributed by atoms with Crippen molar-refractivity contribution in [2.24, 2.45) is 7.05 Å². The fourth-order valence-electron chi connectivity index (χ4n) is 4.50. The number of thiophene rings is 1. The molecular weight excluding hydrogens is 508 g/mol. The van der Waals surface area contributed by atoms with Gasteiger partial charge in [-0.25, -0.2) is 4.79 Å². The van der Waals surface area contributed by atoms with E-state index in [0.717, 1.165) is 48.1 Å². The molecule has 37 heavy (non-hydrogen) atoms. The fraction of sp³-hybridized carbons (Fsp3) is 0.481. The van der Waals surface area contributed by atoms with Crippen molar-refractivity contribution in [1.82, 2.24) is 14.8 Å². The number of thioether (sulfide) groups is 1. The molecule has 10 heteroatoms. The van der Waals surface area contributed by atoms with Gasteiger partial charge < -0.3 is 19.4 Å². The molecule has 0 spiro atoms. The first kappa shape index (κ1) is 27.2. The topological polar surface area (TPSA) is 95.3 Å². The normalized spacial score (nSPS) is 13.8. The lowest BCUT2D eigenvalue weighted by Crippen LogP contribution is -2.19. The molecule has 4 rings (SSSR count). The maximum Gasteiger partial charge on any atom is 0.341 e. The Balaban J connectivity index is 1.41. The van der Waals surface area contributed by atoms with E-state index in [-0.39, 0.29) is 29.8 Å². The van der Waals surface area contributed by atoms with Crippen molar-refractivity contribution in [3.63, 3.8) is 0 Å². The zero-order chi connectivity index (χ0) is 26.7. The Hall–Kier alpha value is -2.85. The van der Waals surface area contributed by atoms with Crippen LogP contribution in [0.5, 0.6) is 5.75 Å². The number of benzene rings is 1. The van der Waals surface area contributed by atoms with E-state index in [2.05, 4.69) is 21.6 Å². The number of aryl methyl sites for hydroxylation is 3. The van der Waals surface area contributed by atoms with E-state index in [9.17, 15) is 9.59 Å². The van der Waals surface area contributed by atoms with Gasteiger partial charge in [-0.05, 0) is 89.1 Å². The Labute approximate surface area is 226 Å². The van der Waals surface area contributed by atoms with E-state index < -0.39 is 0 Å². The molecular formula is C27H34N4O4S2. The zero-order valence-corrected chi connectivity index (χ0v) is 23.8. The van der Waals surface area contributed by atoms with Crippen LogP contribution in [0.4, 0.5) is 5.00 Å². The van der Waals surface area contributed by atoms with Crippen molar-refractivity contribution >= 4 is 40.0 Å². The summed E-state index contributed by atoms with van der Waals surface area (Å²) in [5, 5.41) is 12.7. The first-order chi connectivity index (χ1) is 17.6. The van der Waals surface area contributed by atoms with Gasteiger partial charge in [0.15, 0.2) is 17.1 Å². The molecule has 1 aliphatic carbocycles. The number of ether oxygens (including phenoxy) is 2. The van der Waals surface area contributed by atoms with E-state index >= 15 is 0 Å². The summed E-state index contributed by atoms with van der Waals surface area (Å²) in [6.07, 6.45) is 3.36. The maximum atomic E-state index is 12.9. The largest absolute Gasteiger partial charge is 0.483 e. The van der Waals surface area contributed by atoms with E-state index in [1.54, 1.807) is 0 Å². The van der Waals surface area contributed by atoms with Crippen molar-refractivity contribution in [3.05, 3.63) is 51.2 Å². The summed E-state index contributed by atoms with van der Waals surface area (Å²) in [5.74, 6) is 1.03. The van der Waals surface area contributed by atoms with Gasteiger partial charge in [0.2, 0.25) is 5.91 Å². The summed E-state index contributed by atoms with van der Waals surface area (Å²) in [7, 11) is 1.87. The molecule has 0 saturated heterocycles. The quantitative estimate of drug-likeness (QED) is 0.269. The molecule has 0 saturated carbocycles. The van der Waals surface area contributed by atoms with Crippen LogP contribution >= 0.6 is 23.1 Å². The lowest BCUT2D eigenvalue weighted by atomic mass is 9.95. The summed E-state index contributed by atoms with van der Waals surface area (Å²) in [6, 6.07) is 6.09. The lowest BCUT2D eigenvalue weighted by Gasteiger charge is -2.15. The molecule has 0 fully saturated rings. The number of fused-ring (bicyclic) bond motifs is 1. The molecule has 8 nitrogen and oxygen atoms in total. The molecule has 1 N–H and O–H groups in total. The summed E-state index contributed by atoms with van der Waals surface area (Å²) in [6.45, 7) is 9.66. The number of carbonyl (C=O) groups excluding carboxylic acids is 2. The summed E-state index contributed by atoms with van der Waals surface area (Å²) < 4.78 is 13.4. The van der Waals surface area contributed by atoms with Gasteiger partial charge in [0.05, 0.1) is 17.4 Å². The molecule has 2 heterocycles. The Kier molecular flexibility index (Phi) is 8.59. The summed E-state index contributed by atoms with van der Waals surface area (Å²) in [5.41, 5.74) is 3.81. The van der Waals surface area contributed by atoms with Crippen LogP contribution in [0.1, 0.15) is 77.5 Å². The Morgan fingerprint density at radius 1 is 1.11 bits per heavy atom. The standard InChI is InChI=1S/C27H34N4O4S2/c1-15(2)34-26(33)23-20-9-7-8-10-21(20)37-25(23)28-22(32)14-36-27-30-29-24(31(27)6)18(5)35-19-12-16(3)11-17(4)13-19/h11-13,15,18H,7-10,14H2,1-6H3,(H,28,32). The highest BCUT2D eigenvalue weighted by Crippen LogP contribution is 2.39. The van der Waals surface area contributed by atoms with Gasteiger partial charge in [0.1, 0.15) is 10.8 Å².